The minimum absolute atomic E-state index is 0.0877. The van der Waals surface area contributed by atoms with E-state index in [1.54, 1.807) is 6.92 Å². The molecule has 0 fully saturated rings. The summed E-state index contributed by atoms with van der Waals surface area (Å²) in [4.78, 5) is 21.2. The smallest absolute Gasteiger partial charge is 0.310 e. The molecule has 7 heteroatoms. The number of nitrogens with two attached hydrogens (primary N) is 1. The van der Waals surface area contributed by atoms with Crippen molar-refractivity contribution in [3.8, 4) is 0 Å². The zero-order valence-corrected chi connectivity index (χ0v) is 9.86. The van der Waals surface area contributed by atoms with E-state index in [4.69, 9.17) is 22.1 Å². The Balaban J connectivity index is 3.01. The lowest BCUT2D eigenvalue weighted by Crippen LogP contribution is -2.10. The van der Waals surface area contributed by atoms with Gasteiger partial charge in [-0.3, -0.25) is 14.9 Å². The number of benzene rings is 1. The Labute approximate surface area is 102 Å². The number of rotatable bonds is 4. The first-order chi connectivity index (χ1) is 7.95. The Morgan fingerprint density at radius 2 is 2.24 bits per heavy atom. The summed E-state index contributed by atoms with van der Waals surface area (Å²) in [5.41, 5.74) is 5.85. The largest absolute Gasteiger partial charge is 0.466 e. The Bertz CT molecular complexity index is 439. The van der Waals surface area contributed by atoms with Gasteiger partial charge < -0.3 is 10.5 Å². The van der Waals surface area contributed by atoms with Crippen molar-refractivity contribution in [1.82, 2.24) is 0 Å². The molecule has 0 unspecified atom stereocenters. The summed E-state index contributed by atoms with van der Waals surface area (Å²) in [6.45, 7) is 1.93. The van der Waals surface area contributed by atoms with Crippen LogP contribution in [0.2, 0.25) is 5.02 Å². The van der Waals surface area contributed by atoms with Crippen LogP contribution in [0, 0.1) is 10.1 Å². The number of nitrogen functional groups attached to an aromatic ring is 1. The fourth-order valence-electron chi connectivity index (χ4n) is 1.29. The molecule has 1 aromatic carbocycles. The van der Waals surface area contributed by atoms with E-state index in [-0.39, 0.29) is 29.4 Å². The van der Waals surface area contributed by atoms with Crippen molar-refractivity contribution >= 4 is 28.9 Å². The first kappa shape index (κ1) is 13.2. The average molecular weight is 259 g/mol. The molecule has 0 radical (unpaired) electrons. The number of esters is 1. The molecule has 0 spiro atoms. The molecule has 1 aromatic rings. The number of nitro benzene ring substituents is 1. The highest BCUT2D eigenvalue weighted by molar-refractivity contribution is 6.32. The third kappa shape index (κ3) is 3.32. The minimum Gasteiger partial charge on any atom is -0.466 e. The normalized spacial score (nSPS) is 10.0. The van der Waals surface area contributed by atoms with Gasteiger partial charge in [0.15, 0.2) is 0 Å². The van der Waals surface area contributed by atoms with Crippen LogP contribution >= 0.6 is 11.6 Å². The predicted octanol–water partition coefficient (Wildman–Crippen LogP) is 1.94. The lowest BCUT2D eigenvalue weighted by molar-refractivity contribution is -0.384. The van der Waals surface area contributed by atoms with Gasteiger partial charge in [-0.1, -0.05) is 11.6 Å². The maximum Gasteiger partial charge on any atom is 0.310 e. The maximum absolute atomic E-state index is 11.3. The standard InChI is InChI=1S/C10H11ClN2O4/c1-2-17-10(14)5-7-8(11)3-6(13(15)16)4-9(7)12/h3-4H,2,5,12H2,1H3. The third-order valence-electron chi connectivity index (χ3n) is 2.05. The fourth-order valence-corrected chi connectivity index (χ4v) is 1.58. The second-order valence-corrected chi connectivity index (χ2v) is 3.64. The lowest BCUT2D eigenvalue weighted by Gasteiger charge is -2.07. The number of nitrogens with zero attached hydrogens (tertiary/aromatic N) is 1. The minimum atomic E-state index is -0.601. The van der Waals surface area contributed by atoms with E-state index in [1.165, 1.54) is 6.07 Å². The van der Waals surface area contributed by atoms with Gasteiger partial charge in [-0.25, -0.2) is 0 Å². The molecule has 0 heterocycles. The molecule has 0 saturated heterocycles. The summed E-state index contributed by atoms with van der Waals surface area (Å²) in [7, 11) is 0. The van der Waals surface area contributed by atoms with Crippen molar-refractivity contribution in [2.24, 2.45) is 0 Å². The number of ether oxygens (including phenoxy) is 1. The van der Waals surface area contributed by atoms with E-state index in [2.05, 4.69) is 0 Å². The van der Waals surface area contributed by atoms with Gasteiger partial charge in [-0.2, -0.15) is 0 Å². The van der Waals surface area contributed by atoms with Crippen molar-refractivity contribution in [2.75, 3.05) is 12.3 Å². The summed E-state index contributed by atoms with van der Waals surface area (Å²) in [5, 5.41) is 10.6. The van der Waals surface area contributed by atoms with Gasteiger partial charge in [0.1, 0.15) is 0 Å². The van der Waals surface area contributed by atoms with Crippen LogP contribution in [0.15, 0.2) is 12.1 Å². The van der Waals surface area contributed by atoms with E-state index >= 15 is 0 Å². The fraction of sp³-hybridized carbons (Fsp3) is 0.300. The molecule has 0 aliphatic rings. The third-order valence-corrected chi connectivity index (χ3v) is 2.39. The second-order valence-electron chi connectivity index (χ2n) is 3.23. The molecule has 0 aliphatic heterocycles. The van der Waals surface area contributed by atoms with Crippen molar-refractivity contribution in [3.63, 3.8) is 0 Å². The molecule has 0 saturated carbocycles. The number of hydrogen-bond donors (Lipinski definition) is 1. The van der Waals surface area contributed by atoms with Crippen LogP contribution in [-0.4, -0.2) is 17.5 Å². The summed E-state index contributed by atoms with van der Waals surface area (Å²) < 4.78 is 4.75. The van der Waals surface area contributed by atoms with Crippen LogP contribution in [0.5, 0.6) is 0 Å². The zero-order chi connectivity index (χ0) is 13.0. The number of carbonyl (C=O) groups excluding carboxylic acids is 1. The van der Waals surface area contributed by atoms with Crippen LogP contribution in [0.25, 0.3) is 0 Å². The van der Waals surface area contributed by atoms with E-state index in [0.717, 1.165) is 6.07 Å². The quantitative estimate of drug-likeness (QED) is 0.385. The highest BCUT2D eigenvalue weighted by atomic mass is 35.5. The molecule has 0 bridgehead atoms. The Morgan fingerprint density at radius 1 is 1.59 bits per heavy atom. The van der Waals surface area contributed by atoms with Gasteiger partial charge in [0.2, 0.25) is 0 Å². The van der Waals surface area contributed by atoms with Crippen LogP contribution in [0.4, 0.5) is 11.4 Å². The number of hydrogen-bond acceptors (Lipinski definition) is 5. The van der Waals surface area contributed by atoms with Crippen LogP contribution in [-0.2, 0) is 16.0 Å². The second kappa shape index (κ2) is 5.49. The SMILES string of the molecule is CCOC(=O)Cc1c(N)cc([N+](=O)[O-])cc1Cl. The molecule has 0 amide bonds. The van der Waals surface area contributed by atoms with Gasteiger partial charge in [-0.05, 0) is 6.92 Å². The van der Waals surface area contributed by atoms with Gasteiger partial charge in [0.25, 0.3) is 5.69 Å². The average Bonchev–Trinajstić information content (AvgIpc) is 2.23. The summed E-state index contributed by atoms with van der Waals surface area (Å²) >= 11 is 5.83. The highest BCUT2D eigenvalue weighted by Gasteiger charge is 2.16. The Kier molecular flexibility index (Phi) is 4.28. The van der Waals surface area contributed by atoms with Crippen LogP contribution in [0.3, 0.4) is 0 Å². The Morgan fingerprint density at radius 3 is 2.71 bits per heavy atom. The topological polar surface area (TPSA) is 95.5 Å². The first-order valence-corrected chi connectivity index (χ1v) is 5.21. The molecule has 0 atom stereocenters. The lowest BCUT2D eigenvalue weighted by atomic mass is 10.1. The molecule has 1 rings (SSSR count). The molecule has 2 N–H and O–H groups in total. The maximum atomic E-state index is 11.3. The zero-order valence-electron chi connectivity index (χ0n) is 9.10. The predicted molar refractivity (Wildman–Crippen MR) is 62.9 cm³/mol. The Hall–Kier alpha value is -1.82. The molecule has 17 heavy (non-hydrogen) atoms. The van der Waals surface area contributed by atoms with Gasteiger partial charge >= 0.3 is 5.97 Å². The van der Waals surface area contributed by atoms with Crippen molar-refractivity contribution in [1.29, 1.82) is 0 Å². The van der Waals surface area contributed by atoms with Crippen LogP contribution < -0.4 is 5.73 Å². The molecule has 92 valence electrons. The van der Waals surface area contributed by atoms with Crippen molar-refractivity contribution < 1.29 is 14.5 Å². The highest BCUT2D eigenvalue weighted by Crippen LogP contribution is 2.29. The molecule has 6 nitrogen and oxygen atoms in total. The number of anilines is 1. The van der Waals surface area contributed by atoms with Crippen LogP contribution in [0.1, 0.15) is 12.5 Å². The molecular formula is C10H11ClN2O4. The number of carbonyl (C=O) groups is 1. The summed E-state index contributed by atoms with van der Waals surface area (Å²) in [5.74, 6) is -0.477. The number of nitro groups is 1. The van der Waals surface area contributed by atoms with E-state index in [0.29, 0.717) is 5.56 Å². The van der Waals surface area contributed by atoms with E-state index < -0.39 is 10.9 Å². The van der Waals surface area contributed by atoms with Gasteiger partial charge in [0.05, 0.1) is 23.0 Å². The van der Waals surface area contributed by atoms with E-state index in [1.807, 2.05) is 0 Å². The van der Waals surface area contributed by atoms with E-state index in [9.17, 15) is 14.9 Å². The van der Waals surface area contributed by atoms with Gasteiger partial charge in [-0.15, -0.1) is 0 Å². The summed E-state index contributed by atoms with van der Waals surface area (Å²) in [6, 6.07) is 2.33. The molecule has 0 aliphatic carbocycles. The van der Waals surface area contributed by atoms with Gasteiger partial charge in [0, 0.05) is 23.4 Å². The van der Waals surface area contributed by atoms with Crippen molar-refractivity contribution in [2.45, 2.75) is 13.3 Å². The summed E-state index contributed by atoms with van der Waals surface area (Å²) in [6.07, 6.45) is -0.101. The molecular weight excluding hydrogens is 248 g/mol. The first-order valence-electron chi connectivity index (χ1n) is 4.83. The number of non-ortho nitro benzene ring substituents is 1. The van der Waals surface area contributed by atoms with Crippen molar-refractivity contribution in [3.05, 3.63) is 32.8 Å². The monoisotopic (exact) mass is 258 g/mol. The number of halogens is 1. The molecule has 0 aromatic heterocycles.